The zero-order valence-corrected chi connectivity index (χ0v) is 10.3. The fourth-order valence-corrected chi connectivity index (χ4v) is 4.68. The quantitative estimate of drug-likeness (QED) is 0.410. The van der Waals surface area contributed by atoms with E-state index in [1.807, 2.05) is 0 Å². The summed E-state index contributed by atoms with van der Waals surface area (Å²) in [6, 6.07) is 0. The van der Waals surface area contributed by atoms with Crippen molar-refractivity contribution >= 4 is 30.0 Å². The summed E-state index contributed by atoms with van der Waals surface area (Å²) < 4.78 is 1.50. The summed E-state index contributed by atoms with van der Waals surface area (Å²) >= 11 is 4.16. The van der Waals surface area contributed by atoms with Crippen LogP contribution in [-0.2, 0) is 0 Å². The number of hydrogen-bond acceptors (Lipinski definition) is 0. The van der Waals surface area contributed by atoms with Crippen LogP contribution in [0.5, 0.6) is 0 Å². The van der Waals surface area contributed by atoms with Crippen LogP contribution in [0.15, 0.2) is 0 Å². The molecule has 0 bridgehead atoms. The third-order valence-corrected chi connectivity index (χ3v) is 6.87. The molecule has 0 nitrogen and oxygen atoms in total. The summed E-state index contributed by atoms with van der Waals surface area (Å²) in [6.07, 6.45) is 2.58. The summed E-state index contributed by atoms with van der Waals surface area (Å²) in [5.41, 5.74) is 0. The van der Waals surface area contributed by atoms with Crippen molar-refractivity contribution in [3.05, 3.63) is 0 Å². The average molecular weight is 255 g/mol. The average Bonchev–Trinajstić information content (AvgIpc) is 1.63. The van der Waals surface area contributed by atoms with E-state index in [1.165, 1.54) is 17.3 Å². The Hall–Kier alpha value is 1.09. The van der Waals surface area contributed by atoms with E-state index in [9.17, 15) is 0 Å². The molecule has 9 heavy (non-hydrogen) atoms. The molecule has 2 heteroatoms. The Bertz CT molecular complexity index is 65.8. The van der Waals surface area contributed by atoms with Crippen LogP contribution in [0.2, 0.25) is 19.3 Å². The van der Waals surface area contributed by atoms with Crippen LogP contribution in [0, 0.1) is 0 Å². The van der Waals surface area contributed by atoms with Gasteiger partial charge in [0, 0.05) is 0 Å². The fraction of sp³-hybridized carbons (Fsp3) is 1.00. The summed E-state index contributed by atoms with van der Waals surface area (Å²) in [4.78, 5) is 7.43. The molecule has 0 fully saturated rings. The molecule has 0 unspecified atom stereocenters. The van der Waals surface area contributed by atoms with E-state index in [0.717, 1.165) is 5.88 Å². The molecule has 0 spiro atoms. The van der Waals surface area contributed by atoms with Gasteiger partial charge >= 0.3 is 68.0 Å². The van der Waals surface area contributed by atoms with Crippen LogP contribution < -0.4 is 0 Å². The second-order valence-corrected chi connectivity index (χ2v) is 20.1. The van der Waals surface area contributed by atoms with Gasteiger partial charge in [-0.2, -0.15) is 0 Å². The summed E-state index contributed by atoms with van der Waals surface area (Å²) in [6.45, 7) is 0. The zero-order chi connectivity index (χ0) is 7.33. The van der Waals surface area contributed by atoms with Crippen LogP contribution in [0.1, 0.15) is 12.8 Å². The van der Waals surface area contributed by atoms with Gasteiger partial charge in [-0.3, -0.25) is 0 Å². The van der Waals surface area contributed by atoms with Gasteiger partial charge in [0.2, 0.25) is 0 Å². The van der Waals surface area contributed by atoms with E-state index >= 15 is 0 Å². The van der Waals surface area contributed by atoms with Crippen molar-refractivity contribution in [3.63, 3.8) is 0 Å². The van der Waals surface area contributed by atoms with E-state index in [1.54, 1.807) is 0 Å². The normalized spacial score (nSPS) is 12.0. The van der Waals surface area contributed by atoms with Gasteiger partial charge in [0.1, 0.15) is 0 Å². The predicted molar refractivity (Wildman–Crippen MR) is 48.1 cm³/mol. The summed E-state index contributed by atoms with van der Waals surface area (Å²) in [5.74, 6) is 0.849. The second kappa shape index (κ2) is 4.84. The monoisotopic (exact) mass is 256 g/mol. The third kappa shape index (κ3) is 9.09. The van der Waals surface area contributed by atoms with Crippen molar-refractivity contribution < 1.29 is 0 Å². The number of rotatable bonds is 4. The van der Waals surface area contributed by atoms with Crippen molar-refractivity contribution in [2.24, 2.45) is 0 Å². The molecule has 0 rings (SSSR count). The Labute approximate surface area is 67.8 Å². The molecule has 0 aromatic carbocycles. The molecule has 0 aliphatic heterocycles. The topological polar surface area (TPSA) is 0 Å². The summed E-state index contributed by atoms with van der Waals surface area (Å²) in [7, 11) is 0. The minimum atomic E-state index is -1.39. The van der Waals surface area contributed by atoms with Gasteiger partial charge in [-0.05, 0) is 0 Å². The van der Waals surface area contributed by atoms with Crippen molar-refractivity contribution in [3.8, 4) is 0 Å². The number of halogens is 1. The molecule has 0 aliphatic carbocycles. The molecular weight excluding hydrogens is 238 g/mol. The Morgan fingerprint density at radius 1 is 1.11 bits per heavy atom. The molecule has 0 saturated carbocycles. The third-order valence-electron chi connectivity index (χ3n) is 1.31. The molecule has 0 amide bonds. The molecule has 0 N–H and O–H groups in total. The van der Waals surface area contributed by atoms with E-state index < -0.39 is 18.4 Å². The summed E-state index contributed by atoms with van der Waals surface area (Å²) in [5, 5.41) is 0. The first kappa shape index (κ1) is 10.1. The standard InChI is InChI=1S/C4H8Cl.3CH3.Sn/c1-2-3-4-5;;;;/h1-4H2;3*1H3;. The molecule has 0 radical (unpaired) electrons. The molecule has 0 aliphatic rings. The number of hydrogen-bond donors (Lipinski definition) is 0. The van der Waals surface area contributed by atoms with Crippen LogP contribution in [-0.4, -0.2) is 24.3 Å². The molecular formula is C7H17ClSn. The van der Waals surface area contributed by atoms with Gasteiger partial charge in [0.25, 0.3) is 0 Å². The van der Waals surface area contributed by atoms with E-state index in [2.05, 4.69) is 14.8 Å². The maximum atomic E-state index is 5.55. The van der Waals surface area contributed by atoms with Gasteiger partial charge in [-0.15, -0.1) is 0 Å². The van der Waals surface area contributed by atoms with Crippen molar-refractivity contribution in [1.29, 1.82) is 0 Å². The second-order valence-electron chi connectivity index (χ2n) is 3.71. The Balaban J connectivity index is 3.07. The first-order valence-electron chi connectivity index (χ1n) is 3.62. The molecule has 56 valence electrons. The van der Waals surface area contributed by atoms with Crippen LogP contribution in [0.4, 0.5) is 0 Å². The molecule has 0 heterocycles. The van der Waals surface area contributed by atoms with E-state index in [0.29, 0.717) is 0 Å². The van der Waals surface area contributed by atoms with Crippen LogP contribution in [0.25, 0.3) is 0 Å². The Kier molecular flexibility index (Phi) is 5.42. The zero-order valence-electron chi connectivity index (χ0n) is 6.71. The molecule has 0 aromatic rings. The van der Waals surface area contributed by atoms with Crippen molar-refractivity contribution in [1.82, 2.24) is 0 Å². The van der Waals surface area contributed by atoms with E-state index in [-0.39, 0.29) is 0 Å². The van der Waals surface area contributed by atoms with Gasteiger partial charge in [-0.25, -0.2) is 0 Å². The fourth-order valence-electron chi connectivity index (χ4n) is 0.750. The molecule has 0 atom stereocenters. The van der Waals surface area contributed by atoms with Gasteiger partial charge in [0.05, 0.1) is 0 Å². The van der Waals surface area contributed by atoms with Gasteiger partial charge in [-0.1, -0.05) is 0 Å². The number of alkyl halides is 1. The van der Waals surface area contributed by atoms with Crippen LogP contribution in [0.3, 0.4) is 0 Å². The number of unbranched alkanes of at least 4 members (excludes halogenated alkanes) is 1. The van der Waals surface area contributed by atoms with Crippen molar-refractivity contribution in [2.45, 2.75) is 32.1 Å². The maximum absolute atomic E-state index is 5.55. The van der Waals surface area contributed by atoms with Crippen molar-refractivity contribution in [2.75, 3.05) is 5.88 Å². The molecule has 0 saturated heterocycles. The van der Waals surface area contributed by atoms with E-state index in [4.69, 9.17) is 11.6 Å². The first-order valence-corrected chi connectivity index (χ1v) is 14.7. The Morgan fingerprint density at radius 3 is 2.00 bits per heavy atom. The van der Waals surface area contributed by atoms with Crippen LogP contribution >= 0.6 is 11.6 Å². The molecule has 0 aromatic heterocycles. The first-order chi connectivity index (χ1) is 4.06. The Morgan fingerprint density at radius 2 is 1.67 bits per heavy atom. The van der Waals surface area contributed by atoms with Gasteiger partial charge < -0.3 is 0 Å². The SMILES string of the molecule is [CH3][Sn]([CH3])([CH3])[CH2]CCCCl. The minimum absolute atomic E-state index is 0.849. The van der Waals surface area contributed by atoms with Gasteiger partial charge in [0.15, 0.2) is 0 Å². The predicted octanol–water partition coefficient (Wildman–Crippen LogP) is 3.34.